The van der Waals surface area contributed by atoms with Crippen molar-refractivity contribution in [2.24, 2.45) is 0 Å². The number of benzene rings is 2. The van der Waals surface area contributed by atoms with Crippen LogP contribution in [-0.2, 0) is 20.9 Å². The number of halogens is 1. The van der Waals surface area contributed by atoms with Crippen molar-refractivity contribution in [1.29, 1.82) is 0 Å². The Morgan fingerprint density at radius 3 is 2.52 bits per heavy atom. The molecule has 0 spiro atoms. The predicted molar refractivity (Wildman–Crippen MR) is 122 cm³/mol. The van der Waals surface area contributed by atoms with Crippen molar-refractivity contribution in [3.05, 3.63) is 69.5 Å². The fourth-order valence-corrected chi connectivity index (χ4v) is 4.71. The number of hydrogen-bond donors (Lipinski definition) is 0. The highest BCUT2D eigenvalue weighted by atomic mass is 79.9. The van der Waals surface area contributed by atoms with Crippen molar-refractivity contribution < 1.29 is 28.5 Å². The fraction of sp³-hybridized carbons (Fsp3) is 0.217. The molecule has 0 radical (unpaired) electrons. The van der Waals surface area contributed by atoms with E-state index in [-0.39, 0.29) is 23.8 Å². The number of carbonyl (C=O) groups is 2. The van der Waals surface area contributed by atoms with Gasteiger partial charge < -0.3 is 18.9 Å². The highest BCUT2D eigenvalue weighted by Gasteiger charge is 2.25. The highest BCUT2D eigenvalue weighted by molar-refractivity contribution is 9.10. The van der Waals surface area contributed by atoms with Gasteiger partial charge in [0.25, 0.3) is 0 Å². The van der Waals surface area contributed by atoms with Crippen LogP contribution in [0.1, 0.15) is 22.2 Å². The first-order valence-electron chi connectivity index (χ1n) is 9.49. The van der Waals surface area contributed by atoms with Gasteiger partial charge in [-0.1, -0.05) is 42.5 Å². The van der Waals surface area contributed by atoms with Crippen LogP contribution in [0, 0.1) is 0 Å². The van der Waals surface area contributed by atoms with Gasteiger partial charge in [0.15, 0.2) is 17.2 Å². The zero-order valence-corrected chi connectivity index (χ0v) is 19.5. The first-order valence-corrected chi connectivity index (χ1v) is 11.1. The molecule has 1 aromatic heterocycles. The lowest BCUT2D eigenvalue weighted by molar-refractivity contribution is -0.145. The molecule has 0 atom stereocenters. The lowest BCUT2D eigenvalue weighted by Gasteiger charge is -2.08. The van der Waals surface area contributed by atoms with Gasteiger partial charge in [-0.2, -0.15) is 0 Å². The minimum absolute atomic E-state index is 0.246. The number of methoxy groups -OCH3 is 1. The second-order valence-corrected chi connectivity index (χ2v) is 8.10. The van der Waals surface area contributed by atoms with Gasteiger partial charge in [0.2, 0.25) is 0 Å². The molecule has 162 valence electrons. The molecule has 3 aromatic rings. The van der Waals surface area contributed by atoms with E-state index >= 15 is 0 Å². The fourth-order valence-electron chi connectivity index (χ4n) is 2.74. The molecule has 0 saturated carbocycles. The first kappa shape index (κ1) is 22.8. The van der Waals surface area contributed by atoms with Crippen molar-refractivity contribution in [3.8, 4) is 21.9 Å². The zero-order valence-electron chi connectivity index (χ0n) is 17.1. The number of carbonyl (C=O) groups excluding carboxylic acids is 2. The molecular weight excluding hydrogens is 484 g/mol. The van der Waals surface area contributed by atoms with E-state index in [2.05, 4.69) is 15.9 Å². The Labute approximate surface area is 192 Å². The topological polar surface area (TPSA) is 71.1 Å². The van der Waals surface area contributed by atoms with Gasteiger partial charge in [-0.25, -0.2) is 9.59 Å². The third-order valence-corrected chi connectivity index (χ3v) is 6.38. The van der Waals surface area contributed by atoms with E-state index in [1.165, 1.54) is 18.4 Å². The lowest BCUT2D eigenvalue weighted by Crippen LogP contribution is -2.15. The summed E-state index contributed by atoms with van der Waals surface area (Å²) in [6.45, 7) is 2.09. The van der Waals surface area contributed by atoms with Gasteiger partial charge in [0, 0.05) is 0 Å². The molecule has 0 unspecified atom stereocenters. The molecular formula is C23H21BrO6S. The third kappa shape index (κ3) is 5.86. The van der Waals surface area contributed by atoms with E-state index in [1.54, 1.807) is 6.92 Å². The normalized spacial score (nSPS) is 10.4. The van der Waals surface area contributed by atoms with Crippen LogP contribution in [0.3, 0.4) is 0 Å². The van der Waals surface area contributed by atoms with E-state index in [0.717, 1.165) is 16.0 Å². The summed E-state index contributed by atoms with van der Waals surface area (Å²) in [5, 5.41) is 0. The smallest absolute Gasteiger partial charge is 0.351 e. The number of hydrogen-bond acceptors (Lipinski definition) is 7. The number of thiophene rings is 1. The van der Waals surface area contributed by atoms with Crippen molar-refractivity contribution in [3.63, 3.8) is 0 Å². The van der Waals surface area contributed by atoms with Crippen LogP contribution < -0.4 is 9.47 Å². The molecule has 0 saturated heterocycles. The monoisotopic (exact) mass is 504 g/mol. The largest absolute Gasteiger partial charge is 0.489 e. The van der Waals surface area contributed by atoms with Crippen molar-refractivity contribution in [2.45, 2.75) is 13.5 Å². The summed E-state index contributed by atoms with van der Waals surface area (Å²) in [5.41, 5.74) is 1.89. The average molecular weight is 505 g/mol. The van der Waals surface area contributed by atoms with Crippen LogP contribution >= 0.6 is 27.3 Å². The molecule has 0 amide bonds. The van der Waals surface area contributed by atoms with Crippen molar-refractivity contribution in [1.82, 2.24) is 0 Å². The maximum atomic E-state index is 12.3. The van der Waals surface area contributed by atoms with Crippen molar-refractivity contribution in [2.75, 3.05) is 20.3 Å². The van der Waals surface area contributed by atoms with Gasteiger partial charge in [-0.15, -0.1) is 11.3 Å². The summed E-state index contributed by atoms with van der Waals surface area (Å²) in [4.78, 5) is 25.0. The quantitative estimate of drug-likeness (QED) is 0.359. The molecule has 31 heavy (non-hydrogen) atoms. The summed E-state index contributed by atoms with van der Waals surface area (Å²) < 4.78 is 21.8. The van der Waals surface area contributed by atoms with Crippen molar-refractivity contribution >= 4 is 39.2 Å². The second-order valence-electron chi connectivity index (χ2n) is 6.29. The van der Waals surface area contributed by atoms with Gasteiger partial charge in [0.05, 0.1) is 23.1 Å². The average Bonchev–Trinajstić information content (AvgIpc) is 3.13. The van der Waals surface area contributed by atoms with Gasteiger partial charge in [-0.3, -0.25) is 0 Å². The Kier molecular flexibility index (Phi) is 8.08. The van der Waals surface area contributed by atoms with Crippen LogP contribution in [0.4, 0.5) is 0 Å². The van der Waals surface area contributed by atoms with Gasteiger partial charge in [-0.05, 0) is 46.1 Å². The summed E-state index contributed by atoms with van der Waals surface area (Å²) in [6, 6.07) is 17.4. The Morgan fingerprint density at radius 1 is 1.03 bits per heavy atom. The minimum atomic E-state index is -0.549. The summed E-state index contributed by atoms with van der Waals surface area (Å²) in [6.07, 6.45) is 0. The van der Waals surface area contributed by atoms with Crippen LogP contribution in [0.25, 0.3) is 10.4 Å². The molecule has 0 aliphatic heterocycles. The van der Waals surface area contributed by atoms with E-state index in [4.69, 9.17) is 18.9 Å². The minimum Gasteiger partial charge on any atom is -0.489 e. The third-order valence-electron chi connectivity index (χ3n) is 4.16. The first-order chi connectivity index (χ1) is 15.0. The van der Waals surface area contributed by atoms with Crippen LogP contribution in [0.15, 0.2) is 59.1 Å². The highest BCUT2D eigenvalue weighted by Crippen LogP contribution is 2.46. The second kappa shape index (κ2) is 11.0. The molecule has 0 aliphatic rings. The van der Waals surface area contributed by atoms with Gasteiger partial charge >= 0.3 is 11.9 Å². The standard InChI is InChI=1S/C23H21BrO6S/c1-3-28-18(25)14-30-20-19(24)21(31-22(20)23(26)27-2)16-10-7-11-17(12-16)29-13-15-8-5-4-6-9-15/h4-12H,3,13-14H2,1-2H3. The van der Waals surface area contributed by atoms with E-state index in [0.29, 0.717) is 16.8 Å². The molecule has 0 aliphatic carbocycles. The van der Waals surface area contributed by atoms with Crippen LogP contribution in [-0.4, -0.2) is 32.3 Å². The molecule has 8 heteroatoms. The maximum Gasteiger partial charge on any atom is 0.351 e. The Hall–Kier alpha value is -2.84. The Bertz CT molecular complexity index is 1050. The summed E-state index contributed by atoms with van der Waals surface area (Å²) in [5.74, 6) is -0.132. The van der Waals surface area contributed by atoms with E-state index in [9.17, 15) is 9.59 Å². The molecule has 0 fully saturated rings. The van der Waals surface area contributed by atoms with Crippen LogP contribution in [0.2, 0.25) is 0 Å². The predicted octanol–water partition coefficient (Wildman–Crippen LogP) is 5.49. The molecule has 1 heterocycles. The summed E-state index contributed by atoms with van der Waals surface area (Å²) in [7, 11) is 1.29. The van der Waals surface area contributed by atoms with Crippen LogP contribution in [0.5, 0.6) is 11.5 Å². The molecule has 2 aromatic carbocycles. The molecule has 6 nitrogen and oxygen atoms in total. The molecule has 0 N–H and O–H groups in total. The number of ether oxygens (including phenoxy) is 4. The van der Waals surface area contributed by atoms with Gasteiger partial charge in [0.1, 0.15) is 12.4 Å². The number of rotatable bonds is 9. The zero-order chi connectivity index (χ0) is 22.2. The van der Waals surface area contributed by atoms with E-state index < -0.39 is 11.9 Å². The number of esters is 2. The molecule has 0 bridgehead atoms. The molecule has 3 rings (SSSR count). The lowest BCUT2D eigenvalue weighted by atomic mass is 10.1. The summed E-state index contributed by atoms with van der Waals surface area (Å²) >= 11 is 4.72. The Morgan fingerprint density at radius 2 is 1.81 bits per heavy atom. The maximum absolute atomic E-state index is 12.3. The Balaban J connectivity index is 1.86. The van der Waals surface area contributed by atoms with E-state index in [1.807, 2.05) is 54.6 Å². The SMILES string of the molecule is CCOC(=O)COc1c(C(=O)OC)sc(-c2cccc(OCc3ccccc3)c2)c1Br.